The summed E-state index contributed by atoms with van der Waals surface area (Å²) >= 11 is 0. The molecule has 0 saturated heterocycles. The summed E-state index contributed by atoms with van der Waals surface area (Å²) in [7, 11) is 3.10. The van der Waals surface area contributed by atoms with Crippen molar-refractivity contribution in [3.63, 3.8) is 0 Å². The van der Waals surface area contributed by atoms with E-state index in [0.29, 0.717) is 39.9 Å². The van der Waals surface area contributed by atoms with E-state index >= 15 is 0 Å². The topological polar surface area (TPSA) is 117 Å². The van der Waals surface area contributed by atoms with Crippen molar-refractivity contribution in [2.75, 3.05) is 21.0 Å². The van der Waals surface area contributed by atoms with Crippen LogP contribution >= 0.6 is 0 Å². The second-order valence-electron chi connectivity index (χ2n) is 9.21. The summed E-state index contributed by atoms with van der Waals surface area (Å²) < 4.78 is 28.1. The molecule has 0 amide bonds. The van der Waals surface area contributed by atoms with Gasteiger partial charge in [0.05, 0.1) is 20.8 Å². The van der Waals surface area contributed by atoms with Crippen molar-refractivity contribution in [1.29, 1.82) is 0 Å². The molecule has 0 aliphatic carbocycles. The Bertz CT molecular complexity index is 1600. The largest absolute Gasteiger partial charge is 0.497 e. The number of nitrogens with zero attached hydrogens (tertiary/aromatic N) is 1. The number of carbonyl (C=O) groups is 1. The van der Waals surface area contributed by atoms with Gasteiger partial charge in [0.2, 0.25) is 6.79 Å². The fraction of sp³-hybridized carbons (Fsp3) is 0.188. The molecule has 1 aliphatic heterocycles. The molecule has 2 heterocycles. The number of methoxy groups -OCH3 is 2. The van der Waals surface area contributed by atoms with Gasteiger partial charge in [-0.05, 0) is 47.0 Å². The Labute approximate surface area is 237 Å². The number of ether oxygens (including phenoxy) is 5. The maximum atomic E-state index is 12.4. The van der Waals surface area contributed by atoms with E-state index in [4.69, 9.17) is 23.7 Å². The molecule has 0 unspecified atom stereocenters. The van der Waals surface area contributed by atoms with Gasteiger partial charge in [0.1, 0.15) is 23.9 Å². The quantitative estimate of drug-likeness (QED) is 0.239. The van der Waals surface area contributed by atoms with Gasteiger partial charge in [0.15, 0.2) is 11.5 Å². The minimum absolute atomic E-state index is 0.0768. The molecule has 41 heavy (non-hydrogen) atoms. The van der Waals surface area contributed by atoms with Crippen LogP contribution < -0.4 is 23.7 Å². The van der Waals surface area contributed by atoms with Crippen LogP contribution in [-0.4, -0.2) is 42.2 Å². The SMILES string of the molecule is COc1ccc(-c2ccncc2C=C(Cc2cc3c(cc2OC)OCO3)C(=O)O)c(OCc2ccccc2CO)c1. The molecule has 2 N–H and O–H groups in total. The average molecular weight is 556 g/mol. The third-order valence-electron chi connectivity index (χ3n) is 6.76. The molecule has 1 aromatic heterocycles. The zero-order valence-corrected chi connectivity index (χ0v) is 22.6. The van der Waals surface area contributed by atoms with Gasteiger partial charge in [0.25, 0.3) is 0 Å². The Hall–Kier alpha value is -5.02. The molecule has 9 nitrogen and oxygen atoms in total. The van der Waals surface area contributed by atoms with Gasteiger partial charge in [-0.2, -0.15) is 0 Å². The first-order valence-electron chi connectivity index (χ1n) is 12.8. The molecular formula is C32H29NO8. The number of benzene rings is 3. The molecule has 0 spiro atoms. The second kappa shape index (κ2) is 12.4. The van der Waals surface area contributed by atoms with E-state index in [0.717, 1.165) is 22.3 Å². The summed E-state index contributed by atoms with van der Waals surface area (Å²) in [5, 5.41) is 19.9. The van der Waals surface area contributed by atoms with Crippen LogP contribution in [0.4, 0.5) is 0 Å². The molecule has 0 radical (unpaired) electrons. The Morgan fingerprint density at radius 3 is 2.44 bits per heavy atom. The highest BCUT2D eigenvalue weighted by molar-refractivity contribution is 5.94. The highest BCUT2D eigenvalue weighted by Gasteiger charge is 2.21. The maximum absolute atomic E-state index is 12.4. The highest BCUT2D eigenvalue weighted by Crippen LogP contribution is 2.40. The van der Waals surface area contributed by atoms with Crippen molar-refractivity contribution in [3.8, 4) is 39.9 Å². The Morgan fingerprint density at radius 2 is 1.71 bits per heavy atom. The second-order valence-corrected chi connectivity index (χ2v) is 9.21. The van der Waals surface area contributed by atoms with Crippen LogP contribution in [0, 0.1) is 0 Å². The van der Waals surface area contributed by atoms with E-state index < -0.39 is 5.97 Å². The lowest BCUT2D eigenvalue weighted by Crippen LogP contribution is -2.06. The molecule has 0 saturated carbocycles. The Balaban J connectivity index is 1.52. The van der Waals surface area contributed by atoms with Gasteiger partial charge >= 0.3 is 5.97 Å². The fourth-order valence-electron chi connectivity index (χ4n) is 4.62. The Kier molecular flexibility index (Phi) is 8.36. The van der Waals surface area contributed by atoms with Crippen molar-refractivity contribution >= 4 is 12.0 Å². The first-order valence-corrected chi connectivity index (χ1v) is 12.8. The number of aliphatic hydroxyl groups is 1. The Morgan fingerprint density at radius 1 is 0.927 bits per heavy atom. The predicted octanol–water partition coefficient (Wildman–Crippen LogP) is 5.28. The van der Waals surface area contributed by atoms with E-state index in [9.17, 15) is 15.0 Å². The lowest BCUT2D eigenvalue weighted by Gasteiger charge is -2.16. The van der Waals surface area contributed by atoms with E-state index in [2.05, 4.69) is 4.98 Å². The molecule has 0 fully saturated rings. The molecule has 0 atom stereocenters. The van der Waals surface area contributed by atoms with Crippen LogP contribution in [0.15, 0.2) is 78.6 Å². The molecule has 210 valence electrons. The lowest BCUT2D eigenvalue weighted by atomic mass is 9.96. The number of carboxylic acids is 1. The third kappa shape index (κ3) is 6.10. The van der Waals surface area contributed by atoms with E-state index in [-0.39, 0.29) is 32.0 Å². The van der Waals surface area contributed by atoms with Crippen LogP contribution in [0.3, 0.4) is 0 Å². The zero-order valence-electron chi connectivity index (χ0n) is 22.6. The average Bonchev–Trinajstić information content (AvgIpc) is 3.47. The standard InChI is InChI=1S/C32H29NO8/c1-37-25-7-8-27(29(14-25)39-18-21-6-4-3-5-20(21)17-34)26-9-10-33-16-24(26)12-23(32(35)36)11-22-13-30-31(41-19-40-30)15-28(22)38-2/h3-10,12-16,34H,11,17-19H2,1-2H3,(H,35,36). The van der Waals surface area contributed by atoms with Gasteiger partial charge in [-0.3, -0.25) is 4.98 Å². The van der Waals surface area contributed by atoms with E-state index in [1.807, 2.05) is 42.5 Å². The number of rotatable bonds is 11. The molecule has 4 aromatic rings. The number of fused-ring (bicyclic) bond motifs is 1. The van der Waals surface area contributed by atoms with Gasteiger partial charge in [-0.1, -0.05) is 24.3 Å². The fourth-order valence-corrected chi connectivity index (χ4v) is 4.62. The summed E-state index contributed by atoms with van der Waals surface area (Å²) in [6, 6.07) is 18.2. The number of aromatic nitrogens is 1. The van der Waals surface area contributed by atoms with Crippen molar-refractivity contribution < 1.29 is 38.7 Å². The number of aliphatic hydroxyl groups excluding tert-OH is 1. The van der Waals surface area contributed by atoms with Gasteiger partial charge in [-0.15, -0.1) is 0 Å². The van der Waals surface area contributed by atoms with Crippen LogP contribution in [0.5, 0.6) is 28.7 Å². The van der Waals surface area contributed by atoms with Crippen molar-refractivity contribution in [3.05, 3.63) is 101 Å². The summed E-state index contributed by atoms with van der Waals surface area (Å²) in [6.45, 7) is 0.216. The highest BCUT2D eigenvalue weighted by atomic mass is 16.7. The number of pyridine rings is 1. The number of aliphatic carboxylic acids is 1. The molecule has 1 aliphatic rings. The first-order chi connectivity index (χ1) is 20.0. The van der Waals surface area contributed by atoms with Crippen molar-refractivity contribution in [1.82, 2.24) is 4.98 Å². The van der Waals surface area contributed by atoms with Crippen molar-refractivity contribution in [2.24, 2.45) is 0 Å². The maximum Gasteiger partial charge on any atom is 0.331 e. The summed E-state index contributed by atoms with van der Waals surface area (Å²) in [5.74, 6) is 1.65. The van der Waals surface area contributed by atoms with Crippen LogP contribution in [0.2, 0.25) is 0 Å². The lowest BCUT2D eigenvalue weighted by molar-refractivity contribution is -0.132. The van der Waals surface area contributed by atoms with E-state index in [1.54, 1.807) is 43.8 Å². The predicted molar refractivity (Wildman–Crippen MR) is 151 cm³/mol. The molecule has 0 bridgehead atoms. The minimum atomic E-state index is -1.08. The first kappa shape index (κ1) is 27.5. The van der Waals surface area contributed by atoms with Crippen LogP contribution in [0.1, 0.15) is 22.3 Å². The summed E-state index contributed by atoms with van der Waals surface area (Å²) in [6.07, 6.45) is 4.93. The van der Waals surface area contributed by atoms with Crippen molar-refractivity contribution in [2.45, 2.75) is 19.6 Å². The zero-order chi connectivity index (χ0) is 28.8. The number of carboxylic acid groups (broad SMARTS) is 1. The normalized spacial score (nSPS) is 12.2. The van der Waals surface area contributed by atoms with Gasteiger partial charge < -0.3 is 33.9 Å². The van der Waals surface area contributed by atoms with Gasteiger partial charge in [0, 0.05) is 53.2 Å². The number of hydrogen-bond acceptors (Lipinski definition) is 8. The van der Waals surface area contributed by atoms with Crippen LogP contribution in [-0.2, 0) is 24.4 Å². The van der Waals surface area contributed by atoms with Crippen LogP contribution in [0.25, 0.3) is 17.2 Å². The molecule has 9 heteroatoms. The number of hydrogen-bond donors (Lipinski definition) is 2. The summed E-state index contributed by atoms with van der Waals surface area (Å²) in [4.78, 5) is 16.7. The van der Waals surface area contributed by atoms with Gasteiger partial charge in [-0.25, -0.2) is 4.79 Å². The smallest absolute Gasteiger partial charge is 0.331 e. The third-order valence-corrected chi connectivity index (χ3v) is 6.76. The molecular weight excluding hydrogens is 526 g/mol. The molecule has 5 rings (SSSR count). The minimum Gasteiger partial charge on any atom is -0.497 e. The molecule has 3 aromatic carbocycles. The summed E-state index contributed by atoms with van der Waals surface area (Å²) in [5.41, 5.74) is 4.45. The van der Waals surface area contributed by atoms with E-state index in [1.165, 1.54) is 7.11 Å². The monoisotopic (exact) mass is 555 g/mol.